The van der Waals surface area contributed by atoms with Crippen LogP contribution in [0.3, 0.4) is 0 Å². The maximum Gasteiger partial charge on any atom is 0.375 e. The summed E-state index contributed by atoms with van der Waals surface area (Å²) in [6.07, 6.45) is 2.46. The van der Waals surface area contributed by atoms with Crippen LogP contribution in [0.1, 0.15) is 29.3 Å². The molecule has 5 heteroatoms. The Kier molecular flexibility index (Phi) is 4.51. The molecule has 0 amide bonds. The van der Waals surface area contributed by atoms with Gasteiger partial charge in [-0.05, 0) is 25.5 Å². The number of carbonyl (C=O) groups is 3. The average molecular weight is 235 g/mol. The lowest BCUT2D eigenvalue weighted by Crippen LogP contribution is -2.21. The van der Waals surface area contributed by atoms with Crippen LogP contribution in [0.5, 0.6) is 0 Å². The van der Waals surface area contributed by atoms with Crippen molar-refractivity contribution >= 4 is 17.5 Å². The smallest absolute Gasteiger partial charge is 0.375 e. The maximum absolute atomic E-state index is 11.7. The number of rotatable bonds is 5. The number of nitrogens with zero attached hydrogens (tertiary/aromatic N) is 1. The van der Waals surface area contributed by atoms with Crippen molar-refractivity contribution in [1.29, 1.82) is 0 Å². The van der Waals surface area contributed by atoms with Crippen molar-refractivity contribution in [3.63, 3.8) is 0 Å². The van der Waals surface area contributed by atoms with Crippen LogP contribution in [-0.4, -0.2) is 29.1 Å². The monoisotopic (exact) mass is 235 g/mol. The van der Waals surface area contributed by atoms with Gasteiger partial charge in [0.15, 0.2) is 5.78 Å². The minimum atomic E-state index is -0.970. The molecule has 0 fully saturated rings. The third-order valence-electron chi connectivity index (χ3n) is 2.16. The first-order chi connectivity index (χ1) is 8.06. The average Bonchev–Trinajstić information content (AvgIpc) is 2.29. The quantitative estimate of drug-likeness (QED) is 0.330. The standard InChI is InChI=1S/C12H13NO4/c1-3-17-12(16)11(15)6-10(14)9-7-13-5-4-8(9)2/h4-5,7H,3,6H2,1-2H3. The number of ketones is 2. The molecular formula is C12H13NO4. The van der Waals surface area contributed by atoms with Gasteiger partial charge in [-0.3, -0.25) is 14.6 Å². The number of hydrogen-bond donors (Lipinski definition) is 0. The topological polar surface area (TPSA) is 73.3 Å². The van der Waals surface area contributed by atoms with E-state index in [0.29, 0.717) is 5.56 Å². The third-order valence-corrected chi connectivity index (χ3v) is 2.16. The third kappa shape index (κ3) is 3.48. The number of aryl methyl sites for hydroxylation is 1. The fourth-order valence-electron chi connectivity index (χ4n) is 1.28. The van der Waals surface area contributed by atoms with E-state index in [1.807, 2.05) is 0 Å². The van der Waals surface area contributed by atoms with Crippen molar-refractivity contribution in [3.8, 4) is 0 Å². The lowest BCUT2D eigenvalue weighted by molar-refractivity contribution is -0.153. The van der Waals surface area contributed by atoms with Gasteiger partial charge in [0.1, 0.15) is 0 Å². The molecule has 0 aromatic carbocycles. The van der Waals surface area contributed by atoms with Gasteiger partial charge in [0.05, 0.1) is 13.0 Å². The van der Waals surface area contributed by atoms with Gasteiger partial charge in [-0.15, -0.1) is 0 Å². The van der Waals surface area contributed by atoms with Crippen LogP contribution in [0.25, 0.3) is 0 Å². The number of ether oxygens (including phenoxy) is 1. The van der Waals surface area contributed by atoms with Gasteiger partial charge in [-0.1, -0.05) is 0 Å². The summed E-state index contributed by atoms with van der Waals surface area (Å²) in [7, 11) is 0. The van der Waals surface area contributed by atoms with Crippen LogP contribution in [0.15, 0.2) is 18.5 Å². The molecule has 0 N–H and O–H groups in total. The van der Waals surface area contributed by atoms with Crippen molar-refractivity contribution in [2.24, 2.45) is 0 Å². The summed E-state index contributed by atoms with van der Waals surface area (Å²) in [5, 5.41) is 0. The van der Waals surface area contributed by atoms with Crippen molar-refractivity contribution in [2.75, 3.05) is 6.61 Å². The maximum atomic E-state index is 11.7. The molecule has 1 heterocycles. The van der Waals surface area contributed by atoms with Crippen molar-refractivity contribution in [3.05, 3.63) is 29.6 Å². The van der Waals surface area contributed by atoms with Gasteiger partial charge in [-0.25, -0.2) is 4.79 Å². The summed E-state index contributed by atoms with van der Waals surface area (Å²) in [4.78, 5) is 37.9. The van der Waals surface area contributed by atoms with Crippen molar-refractivity contribution < 1.29 is 19.1 Å². The Hall–Kier alpha value is -2.04. The van der Waals surface area contributed by atoms with E-state index in [2.05, 4.69) is 9.72 Å². The van der Waals surface area contributed by atoms with Crippen molar-refractivity contribution in [2.45, 2.75) is 20.3 Å². The molecule has 0 atom stereocenters. The normalized spacial score (nSPS) is 9.76. The van der Waals surface area contributed by atoms with E-state index in [0.717, 1.165) is 5.56 Å². The number of hydrogen-bond acceptors (Lipinski definition) is 5. The molecule has 0 unspecified atom stereocenters. The van der Waals surface area contributed by atoms with Crippen LogP contribution in [0, 0.1) is 6.92 Å². The Bertz CT molecular complexity index is 454. The number of carbonyl (C=O) groups excluding carboxylic acids is 3. The van der Waals surface area contributed by atoms with Crippen LogP contribution in [0.2, 0.25) is 0 Å². The summed E-state index contributed by atoms with van der Waals surface area (Å²) in [5.74, 6) is -2.23. The largest absolute Gasteiger partial charge is 0.460 e. The Morgan fingerprint density at radius 2 is 2.06 bits per heavy atom. The zero-order valence-corrected chi connectivity index (χ0v) is 9.73. The van der Waals surface area contributed by atoms with Gasteiger partial charge in [0, 0.05) is 18.0 Å². The molecule has 0 saturated heterocycles. The van der Waals surface area contributed by atoms with E-state index >= 15 is 0 Å². The second-order valence-electron chi connectivity index (χ2n) is 3.43. The highest BCUT2D eigenvalue weighted by atomic mass is 16.5. The van der Waals surface area contributed by atoms with Crippen LogP contribution in [0.4, 0.5) is 0 Å². The first-order valence-electron chi connectivity index (χ1n) is 5.20. The van der Waals surface area contributed by atoms with E-state index in [1.165, 1.54) is 6.20 Å². The Labute approximate surface area is 98.8 Å². The molecule has 0 aliphatic heterocycles. The van der Waals surface area contributed by atoms with E-state index < -0.39 is 24.0 Å². The fourth-order valence-corrected chi connectivity index (χ4v) is 1.28. The molecule has 90 valence electrons. The van der Waals surface area contributed by atoms with Gasteiger partial charge in [0.2, 0.25) is 5.78 Å². The predicted octanol–water partition coefficient (Wildman–Crippen LogP) is 1.10. The molecule has 0 aliphatic rings. The minimum Gasteiger partial charge on any atom is -0.460 e. The van der Waals surface area contributed by atoms with Gasteiger partial charge in [0.25, 0.3) is 0 Å². The molecule has 0 aliphatic carbocycles. The molecule has 0 saturated carbocycles. The lowest BCUT2D eigenvalue weighted by atomic mass is 10.0. The van der Waals surface area contributed by atoms with Crippen LogP contribution >= 0.6 is 0 Å². The molecule has 1 rings (SSSR count). The van der Waals surface area contributed by atoms with E-state index in [4.69, 9.17) is 0 Å². The molecule has 0 radical (unpaired) electrons. The molecule has 1 aromatic rings. The fraction of sp³-hybridized carbons (Fsp3) is 0.333. The Balaban J connectivity index is 2.71. The minimum absolute atomic E-state index is 0.116. The number of aromatic nitrogens is 1. The van der Waals surface area contributed by atoms with Crippen molar-refractivity contribution in [1.82, 2.24) is 4.98 Å². The summed E-state index contributed by atoms with van der Waals surface area (Å²) in [5.41, 5.74) is 1.08. The summed E-state index contributed by atoms with van der Waals surface area (Å²) < 4.78 is 4.51. The van der Waals surface area contributed by atoms with E-state index in [1.54, 1.807) is 26.1 Å². The highest BCUT2D eigenvalue weighted by Crippen LogP contribution is 2.08. The second kappa shape index (κ2) is 5.89. The molecule has 5 nitrogen and oxygen atoms in total. The van der Waals surface area contributed by atoms with Gasteiger partial charge < -0.3 is 4.74 Å². The van der Waals surface area contributed by atoms with Gasteiger partial charge in [-0.2, -0.15) is 0 Å². The van der Waals surface area contributed by atoms with E-state index in [-0.39, 0.29) is 6.61 Å². The second-order valence-corrected chi connectivity index (χ2v) is 3.43. The zero-order chi connectivity index (χ0) is 12.8. The molecular weight excluding hydrogens is 222 g/mol. The summed E-state index contributed by atoms with van der Waals surface area (Å²) in [6, 6.07) is 1.67. The zero-order valence-electron chi connectivity index (χ0n) is 9.73. The SMILES string of the molecule is CCOC(=O)C(=O)CC(=O)c1cnccc1C. The number of Topliss-reactive ketones (excluding diaryl/α,β-unsaturated/α-hetero) is 2. The molecule has 0 spiro atoms. The first kappa shape index (κ1) is 13.0. The summed E-state index contributed by atoms with van der Waals surface area (Å²) >= 11 is 0. The number of esters is 1. The highest BCUT2D eigenvalue weighted by Gasteiger charge is 2.20. The molecule has 0 bridgehead atoms. The molecule has 17 heavy (non-hydrogen) atoms. The van der Waals surface area contributed by atoms with Crippen LogP contribution in [-0.2, 0) is 14.3 Å². The Morgan fingerprint density at radius 3 is 2.65 bits per heavy atom. The first-order valence-corrected chi connectivity index (χ1v) is 5.20. The predicted molar refractivity (Wildman–Crippen MR) is 59.6 cm³/mol. The summed E-state index contributed by atoms with van der Waals surface area (Å²) in [6.45, 7) is 3.45. The Morgan fingerprint density at radius 1 is 1.35 bits per heavy atom. The van der Waals surface area contributed by atoms with Gasteiger partial charge >= 0.3 is 5.97 Å². The van der Waals surface area contributed by atoms with Crippen LogP contribution < -0.4 is 0 Å². The highest BCUT2D eigenvalue weighted by molar-refractivity contribution is 6.38. The van der Waals surface area contributed by atoms with E-state index in [9.17, 15) is 14.4 Å². The molecule has 1 aromatic heterocycles. The number of pyridine rings is 1. The lowest BCUT2D eigenvalue weighted by Gasteiger charge is -2.03.